The molecule has 27 heavy (non-hydrogen) atoms. The zero-order valence-corrected chi connectivity index (χ0v) is 15.4. The molecule has 0 saturated heterocycles. The number of rotatable bonds is 2. The number of aromatic nitrogens is 3. The van der Waals surface area contributed by atoms with Crippen LogP contribution in [0.4, 0.5) is 0 Å². The Morgan fingerprint density at radius 3 is 2.44 bits per heavy atom. The zero-order chi connectivity index (χ0) is 18.4. The van der Waals surface area contributed by atoms with Gasteiger partial charge in [-0.05, 0) is 48.2 Å². The molecule has 5 aromatic rings. The number of fused-ring (bicyclic) bond motifs is 2. The minimum atomic E-state index is 0.961. The maximum atomic E-state index is 4.81. The van der Waals surface area contributed by atoms with Crippen LogP contribution < -0.4 is 4.57 Å². The summed E-state index contributed by atoms with van der Waals surface area (Å²) in [7, 11) is 2.13. The van der Waals surface area contributed by atoms with Crippen LogP contribution in [-0.2, 0) is 7.05 Å². The quantitative estimate of drug-likeness (QED) is 0.412. The highest BCUT2D eigenvalue weighted by Crippen LogP contribution is 2.31. The molecule has 0 fully saturated rings. The topological polar surface area (TPSA) is 21.7 Å². The number of imidazole rings is 1. The second kappa shape index (κ2) is 6.06. The molecule has 5 rings (SSSR count). The molecule has 0 saturated carbocycles. The average Bonchev–Trinajstić information content (AvgIpc) is 3.00. The third-order valence-electron chi connectivity index (χ3n) is 5.26. The number of hydrogen-bond acceptors (Lipinski definition) is 1. The predicted molar refractivity (Wildman–Crippen MR) is 110 cm³/mol. The fourth-order valence-corrected chi connectivity index (χ4v) is 3.94. The normalized spacial score (nSPS) is 11.3. The average molecular weight is 350 g/mol. The van der Waals surface area contributed by atoms with Gasteiger partial charge in [-0.3, -0.25) is 0 Å². The van der Waals surface area contributed by atoms with Crippen LogP contribution in [0.3, 0.4) is 0 Å². The van der Waals surface area contributed by atoms with Crippen LogP contribution in [-0.4, -0.2) is 9.55 Å². The van der Waals surface area contributed by atoms with Crippen molar-refractivity contribution >= 4 is 21.8 Å². The SMILES string of the molecule is Cc1ccccc1-c1n(-c2nccc3ccccc23)c2ccccc2[n+]1C. The van der Waals surface area contributed by atoms with Gasteiger partial charge < -0.3 is 0 Å². The molecule has 0 amide bonds. The lowest BCUT2D eigenvalue weighted by atomic mass is 10.1. The fourth-order valence-electron chi connectivity index (χ4n) is 3.94. The van der Waals surface area contributed by atoms with Gasteiger partial charge >= 0.3 is 0 Å². The van der Waals surface area contributed by atoms with Crippen LogP contribution >= 0.6 is 0 Å². The Morgan fingerprint density at radius 1 is 0.815 bits per heavy atom. The van der Waals surface area contributed by atoms with Gasteiger partial charge in [0.1, 0.15) is 0 Å². The summed E-state index contributed by atoms with van der Waals surface area (Å²) in [5, 5.41) is 2.34. The molecule has 0 aliphatic heterocycles. The van der Waals surface area contributed by atoms with Crippen molar-refractivity contribution in [2.45, 2.75) is 6.92 Å². The van der Waals surface area contributed by atoms with Crippen molar-refractivity contribution in [2.75, 3.05) is 0 Å². The molecular weight excluding hydrogens is 330 g/mol. The second-order valence-corrected chi connectivity index (χ2v) is 6.88. The van der Waals surface area contributed by atoms with Gasteiger partial charge in [0.2, 0.25) is 5.82 Å². The maximum Gasteiger partial charge on any atom is 0.296 e. The molecule has 130 valence electrons. The van der Waals surface area contributed by atoms with Crippen LogP contribution in [0.15, 0.2) is 85.1 Å². The first-order valence-corrected chi connectivity index (χ1v) is 9.15. The van der Waals surface area contributed by atoms with E-state index >= 15 is 0 Å². The highest BCUT2D eigenvalue weighted by molar-refractivity contribution is 5.91. The van der Waals surface area contributed by atoms with Crippen LogP contribution in [0.1, 0.15) is 5.56 Å². The van der Waals surface area contributed by atoms with Gasteiger partial charge in [0, 0.05) is 11.6 Å². The molecule has 0 atom stereocenters. The largest absolute Gasteiger partial charge is 0.296 e. The molecule has 3 nitrogen and oxygen atoms in total. The van der Waals surface area contributed by atoms with E-state index in [1.54, 1.807) is 0 Å². The predicted octanol–water partition coefficient (Wildman–Crippen LogP) is 4.98. The van der Waals surface area contributed by atoms with Crippen LogP contribution in [0, 0.1) is 6.92 Å². The van der Waals surface area contributed by atoms with Crippen LogP contribution in [0.2, 0.25) is 0 Å². The standard InChI is InChI=1S/C24H20N3/c1-17-9-3-5-11-19(17)24-26(2)21-13-7-8-14-22(21)27(24)23-20-12-6-4-10-18(20)15-16-25-23/h3-16H,1-2H3/q+1. The molecule has 0 unspecified atom stereocenters. The van der Waals surface area contributed by atoms with E-state index in [4.69, 9.17) is 4.98 Å². The Kier molecular flexibility index (Phi) is 3.54. The first-order valence-electron chi connectivity index (χ1n) is 9.15. The monoisotopic (exact) mass is 350 g/mol. The van der Waals surface area contributed by atoms with E-state index in [1.807, 2.05) is 6.20 Å². The number of benzene rings is 3. The Hall–Kier alpha value is -3.46. The summed E-state index contributed by atoms with van der Waals surface area (Å²) in [5.41, 5.74) is 4.80. The maximum absolute atomic E-state index is 4.81. The number of nitrogens with zero attached hydrogens (tertiary/aromatic N) is 3. The Labute approximate surface area is 158 Å². The van der Waals surface area contributed by atoms with E-state index in [0.717, 1.165) is 22.5 Å². The van der Waals surface area contributed by atoms with Crippen molar-refractivity contribution in [2.24, 2.45) is 7.05 Å². The molecule has 0 spiro atoms. The van der Waals surface area contributed by atoms with Gasteiger partial charge in [0.05, 0.1) is 12.6 Å². The molecule has 0 bridgehead atoms. The second-order valence-electron chi connectivity index (χ2n) is 6.88. The van der Waals surface area contributed by atoms with Gasteiger partial charge in [-0.25, -0.2) is 9.55 Å². The van der Waals surface area contributed by atoms with Crippen LogP contribution in [0.5, 0.6) is 0 Å². The highest BCUT2D eigenvalue weighted by Gasteiger charge is 2.28. The van der Waals surface area contributed by atoms with Crippen molar-refractivity contribution in [3.63, 3.8) is 0 Å². The molecule has 3 heteroatoms. The lowest BCUT2D eigenvalue weighted by Gasteiger charge is -2.07. The van der Waals surface area contributed by atoms with E-state index in [1.165, 1.54) is 22.0 Å². The summed E-state index contributed by atoms with van der Waals surface area (Å²) in [4.78, 5) is 4.81. The number of para-hydroxylation sites is 2. The first-order chi connectivity index (χ1) is 13.3. The van der Waals surface area contributed by atoms with E-state index in [2.05, 4.69) is 102 Å². The molecule has 3 aromatic carbocycles. The van der Waals surface area contributed by atoms with Crippen molar-refractivity contribution in [1.82, 2.24) is 9.55 Å². The van der Waals surface area contributed by atoms with Crippen molar-refractivity contribution < 1.29 is 4.57 Å². The summed E-state index contributed by atoms with van der Waals surface area (Å²) in [6, 6.07) is 27.5. The minimum absolute atomic E-state index is 0.961. The Balaban J connectivity index is 1.98. The smallest absolute Gasteiger partial charge is 0.225 e. The minimum Gasteiger partial charge on any atom is -0.225 e. The summed E-state index contributed by atoms with van der Waals surface area (Å²) in [6.45, 7) is 2.16. The van der Waals surface area contributed by atoms with Gasteiger partial charge in [0.15, 0.2) is 11.0 Å². The molecule has 0 aliphatic carbocycles. The number of aryl methyl sites for hydroxylation is 2. The van der Waals surface area contributed by atoms with Gasteiger partial charge in [-0.2, -0.15) is 4.57 Å². The summed E-state index contributed by atoms with van der Waals surface area (Å²) < 4.78 is 4.56. The first kappa shape index (κ1) is 15.8. The highest BCUT2D eigenvalue weighted by atomic mass is 15.2. The summed E-state index contributed by atoms with van der Waals surface area (Å²) in [6.07, 6.45) is 1.90. The zero-order valence-electron chi connectivity index (χ0n) is 15.4. The third-order valence-corrected chi connectivity index (χ3v) is 5.26. The van der Waals surface area contributed by atoms with Crippen LogP contribution in [0.25, 0.3) is 39.0 Å². The van der Waals surface area contributed by atoms with E-state index in [9.17, 15) is 0 Å². The summed E-state index contributed by atoms with van der Waals surface area (Å²) in [5.74, 6) is 2.10. The fraction of sp³-hybridized carbons (Fsp3) is 0.0833. The molecular formula is C24H20N3+. The van der Waals surface area contributed by atoms with Crippen molar-refractivity contribution in [3.05, 3.63) is 90.6 Å². The molecule has 2 heterocycles. The van der Waals surface area contributed by atoms with E-state index in [0.29, 0.717) is 0 Å². The lowest BCUT2D eigenvalue weighted by molar-refractivity contribution is -0.633. The Morgan fingerprint density at radius 2 is 1.56 bits per heavy atom. The molecule has 2 aromatic heterocycles. The molecule has 0 N–H and O–H groups in total. The number of hydrogen-bond donors (Lipinski definition) is 0. The van der Waals surface area contributed by atoms with Gasteiger partial charge in [0.25, 0.3) is 5.82 Å². The molecule has 0 aliphatic rings. The lowest BCUT2D eigenvalue weighted by Crippen LogP contribution is -2.30. The van der Waals surface area contributed by atoms with Crippen molar-refractivity contribution in [3.8, 4) is 17.2 Å². The Bertz CT molecular complexity index is 1290. The van der Waals surface area contributed by atoms with Crippen molar-refractivity contribution in [1.29, 1.82) is 0 Å². The van der Waals surface area contributed by atoms with E-state index < -0.39 is 0 Å². The summed E-state index contributed by atoms with van der Waals surface area (Å²) >= 11 is 0. The van der Waals surface area contributed by atoms with Gasteiger partial charge in [-0.15, -0.1) is 0 Å². The third kappa shape index (κ3) is 2.36. The molecule has 0 radical (unpaired) electrons. The van der Waals surface area contributed by atoms with E-state index in [-0.39, 0.29) is 0 Å². The number of pyridine rings is 1. The van der Waals surface area contributed by atoms with Gasteiger partial charge in [-0.1, -0.05) is 48.5 Å².